The summed E-state index contributed by atoms with van der Waals surface area (Å²) in [6.07, 6.45) is 3.12. The first-order chi connectivity index (χ1) is 24.0. The van der Waals surface area contributed by atoms with Crippen LogP contribution in [0.4, 0.5) is 5.69 Å². The zero-order chi connectivity index (χ0) is 35.1. The molecule has 7 rings (SSSR count). The second-order valence-electron chi connectivity index (χ2n) is 13.8. The fraction of sp³-hybridized carbons (Fsp3) is 0.444. The van der Waals surface area contributed by atoms with Gasteiger partial charge in [-0.05, 0) is 76.6 Å². The lowest BCUT2D eigenvalue weighted by Gasteiger charge is -2.37. The molecule has 14 heteroatoms. The predicted molar refractivity (Wildman–Crippen MR) is 190 cm³/mol. The zero-order valence-electron chi connectivity index (χ0n) is 28.2. The van der Waals surface area contributed by atoms with Crippen molar-refractivity contribution in [3.05, 3.63) is 91.3 Å². The van der Waals surface area contributed by atoms with Crippen molar-refractivity contribution in [2.24, 2.45) is 7.05 Å². The number of hydrogen-bond donors (Lipinski definition) is 2. The van der Waals surface area contributed by atoms with Gasteiger partial charge in [0.2, 0.25) is 11.8 Å². The first-order valence-electron chi connectivity index (χ1n) is 17.1. The Balaban J connectivity index is 0.937. The molecule has 3 unspecified atom stereocenters. The molecule has 2 N–H and O–H groups in total. The quantitative estimate of drug-likeness (QED) is 0.349. The molecule has 2 aromatic carbocycles. The van der Waals surface area contributed by atoms with Gasteiger partial charge in [-0.2, -0.15) is 5.10 Å². The molecule has 3 atom stereocenters. The smallest absolute Gasteiger partial charge is 0.282 e. The monoisotopic (exact) mass is 744 g/mol. The number of hydrogen-bond acceptors (Lipinski definition) is 9. The van der Waals surface area contributed by atoms with Crippen molar-refractivity contribution in [2.45, 2.75) is 50.4 Å². The van der Waals surface area contributed by atoms with Crippen LogP contribution in [0.25, 0.3) is 0 Å². The van der Waals surface area contributed by atoms with Crippen molar-refractivity contribution < 1.29 is 19.2 Å². The van der Waals surface area contributed by atoms with Crippen molar-refractivity contribution in [1.29, 1.82) is 0 Å². The number of rotatable bonds is 7. The predicted octanol–water partition coefficient (Wildman–Crippen LogP) is 2.16. The molecular weight excluding hydrogens is 704 g/mol. The van der Waals surface area contributed by atoms with Gasteiger partial charge in [0, 0.05) is 83.0 Å². The summed E-state index contributed by atoms with van der Waals surface area (Å²) in [6, 6.07) is 13.2. The van der Waals surface area contributed by atoms with Gasteiger partial charge in [0.25, 0.3) is 17.4 Å². The van der Waals surface area contributed by atoms with E-state index >= 15 is 0 Å². The molecule has 4 aliphatic rings. The van der Waals surface area contributed by atoms with Gasteiger partial charge in [-0.25, -0.2) is 4.68 Å². The van der Waals surface area contributed by atoms with Gasteiger partial charge in [0.15, 0.2) is 0 Å². The molecule has 0 spiro atoms. The SMILES string of the molecule is CN1CC(Nc2cnn(C)c(=O)c2Br)CC(c2ccc(C(=O)N3CCN(Cc4cccc5c4CN(C4CCC(=O)NC4=O)C5=O)CC3)cc2)C1. The highest BCUT2D eigenvalue weighted by Gasteiger charge is 2.40. The fourth-order valence-electron chi connectivity index (χ4n) is 7.73. The van der Waals surface area contributed by atoms with Crippen molar-refractivity contribution in [3.63, 3.8) is 0 Å². The number of anilines is 1. The topological polar surface area (TPSA) is 140 Å². The van der Waals surface area contributed by atoms with Crippen LogP contribution in [0.15, 0.2) is 57.9 Å². The lowest BCUT2D eigenvalue weighted by molar-refractivity contribution is -0.136. The van der Waals surface area contributed by atoms with Crippen LogP contribution in [-0.2, 0) is 29.7 Å². The summed E-state index contributed by atoms with van der Waals surface area (Å²) in [6.45, 7) is 5.36. The zero-order valence-corrected chi connectivity index (χ0v) is 29.8. The molecule has 3 fully saturated rings. The van der Waals surface area contributed by atoms with E-state index in [1.807, 2.05) is 35.2 Å². The Hall–Kier alpha value is -4.40. The van der Waals surface area contributed by atoms with Gasteiger partial charge >= 0.3 is 0 Å². The minimum atomic E-state index is -0.639. The van der Waals surface area contributed by atoms with Gasteiger partial charge in [0.05, 0.1) is 11.9 Å². The summed E-state index contributed by atoms with van der Waals surface area (Å²) >= 11 is 3.42. The molecule has 4 amide bonds. The number of carbonyl (C=O) groups excluding carboxylic acids is 4. The highest BCUT2D eigenvalue weighted by molar-refractivity contribution is 9.10. The van der Waals surface area contributed by atoms with Crippen LogP contribution >= 0.6 is 15.9 Å². The molecule has 0 aliphatic carbocycles. The van der Waals surface area contributed by atoms with Gasteiger partial charge < -0.3 is 20.0 Å². The molecule has 0 radical (unpaired) electrons. The summed E-state index contributed by atoms with van der Waals surface area (Å²) in [5.41, 5.74) is 4.94. The Labute approximate surface area is 298 Å². The lowest BCUT2D eigenvalue weighted by Crippen LogP contribution is -2.52. The van der Waals surface area contributed by atoms with E-state index in [1.165, 1.54) is 10.2 Å². The molecule has 50 heavy (non-hydrogen) atoms. The van der Waals surface area contributed by atoms with E-state index < -0.39 is 11.9 Å². The summed E-state index contributed by atoms with van der Waals surface area (Å²) in [5.74, 6) is -0.593. The first-order valence-corrected chi connectivity index (χ1v) is 17.9. The van der Waals surface area contributed by atoms with E-state index in [0.717, 1.165) is 30.6 Å². The number of halogens is 1. The van der Waals surface area contributed by atoms with Crippen LogP contribution in [0.1, 0.15) is 62.6 Å². The number of aromatic nitrogens is 2. The minimum absolute atomic E-state index is 0.0191. The Morgan fingerprint density at radius 2 is 1.76 bits per heavy atom. The maximum Gasteiger partial charge on any atom is 0.282 e. The molecule has 262 valence electrons. The van der Waals surface area contributed by atoms with Crippen LogP contribution in [0, 0.1) is 0 Å². The molecule has 0 saturated carbocycles. The minimum Gasteiger partial charge on any atom is -0.379 e. The van der Waals surface area contributed by atoms with E-state index in [-0.39, 0.29) is 41.7 Å². The maximum absolute atomic E-state index is 13.5. The van der Waals surface area contributed by atoms with Crippen LogP contribution in [0.5, 0.6) is 0 Å². The van der Waals surface area contributed by atoms with E-state index in [1.54, 1.807) is 18.1 Å². The molecule has 3 aromatic rings. The van der Waals surface area contributed by atoms with Crippen molar-refractivity contribution in [2.75, 3.05) is 51.6 Å². The number of carbonyl (C=O) groups is 4. The number of piperazine rings is 1. The molecule has 1 aromatic heterocycles. The first kappa shape index (κ1) is 34.1. The van der Waals surface area contributed by atoms with Crippen molar-refractivity contribution in [1.82, 2.24) is 34.7 Å². The number of nitrogens with one attached hydrogen (secondary N) is 2. The number of fused-ring (bicyclic) bond motifs is 1. The molecule has 3 saturated heterocycles. The highest BCUT2D eigenvalue weighted by atomic mass is 79.9. The number of nitrogens with zero attached hydrogens (tertiary/aromatic N) is 6. The third-order valence-electron chi connectivity index (χ3n) is 10.4. The second-order valence-corrected chi connectivity index (χ2v) is 14.6. The van der Waals surface area contributed by atoms with Crippen LogP contribution in [0.3, 0.4) is 0 Å². The Kier molecular flexibility index (Phi) is 9.59. The normalized spacial score (nSPS) is 23.2. The van der Waals surface area contributed by atoms with E-state index in [9.17, 15) is 24.0 Å². The summed E-state index contributed by atoms with van der Waals surface area (Å²) in [7, 11) is 3.72. The molecule has 4 aliphatic heterocycles. The number of likely N-dealkylation sites (tertiary alicyclic amines) is 1. The number of piperidine rings is 2. The van der Waals surface area contributed by atoms with Crippen LogP contribution < -0.4 is 16.2 Å². The Bertz CT molecular complexity index is 1890. The van der Waals surface area contributed by atoms with E-state index in [0.29, 0.717) is 67.0 Å². The van der Waals surface area contributed by atoms with Crippen LogP contribution in [0.2, 0.25) is 0 Å². The average molecular weight is 746 g/mol. The highest BCUT2D eigenvalue weighted by Crippen LogP contribution is 2.32. The van der Waals surface area contributed by atoms with Gasteiger partial charge in [-0.3, -0.25) is 34.2 Å². The van der Waals surface area contributed by atoms with Gasteiger partial charge in [0.1, 0.15) is 10.5 Å². The van der Waals surface area contributed by atoms with E-state index in [2.05, 4.69) is 60.6 Å². The largest absolute Gasteiger partial charge is 0.379 e. The van der Waals surface area contributed by atoms with E-state index in [4.69, 9.17) is 0 Å². The fourth-order valence-corrected chi connectivity index (χ4v) is 8.20. The average Bonchev–Trinajstić information content (AvgIpc) is 3.45. The standard InChI is InChI=1S/C36H41BrN8O5/c1-41-18-25(16-26(20-41)39-29-17-38-42(2)36(50)32(29)37)22-6-8-23(9-7-22)34(48)44-14-12-43(13-15-44)19-24-4-3-5-27-28(24)21-45(35(27)49)30-10-11-31(46)40-33(30)47/h3-9,17,25-26,30,39H,10-16,18-21H2,1-2H3,(H,40,46,47). The summed E-state index contributed by atoms with van der Waals surface area (Å²) in [5, 5.41) is 10.0. The Morgan fingerprint density at radius 1 is 1.00 bits per heavy atom. The molecule has 13 nitrogen and oxygen atoms in total. The van der Waals surface area contributed by atoms with Crippen molar-refractivity contribution in [3.8, 4) is 0 Å². The molecule has 0 bridgehead atoms. The van der Waals surface area contributed by atoms with Gasteiger partial charge in [-0.15, -0.1) is 0 Å². The number of aryl methyl sites for hydroxylation is 1. The number of benzene rings is 2. The third kappa shape index (κ3) is 6.83. The number of imide groups is 1. The van der Waals surface area contributed by atoms with Crippen molar-refractivity contribution >= 4 is 45.2 Å². The second kappa shape index (κ2) is 14.1. The van der Waals surface area contributed by atoms with Gasteiger partial charge in [-0.1, -0.05) is 24.3 Å². The maximum atomic E-state index is 13.5. The third-order valence-corrected chi connectivity index (χ3v) is 11.2. The number of amides is 4. The van der Waals surface area contributed by atoms with Crippen LogP contribution in [-0.4, -0.2) is 111 Å². The lowest BCUT2D eigenvalue weighted by atomic mass is 9.87. The Morgan fingerprint density at radius 3 is 2.50 bits per heavy atom. The molecule has 5 heterocycles. The molecular formula is C36H41BrN8O5. The number of likely N-dealkylation sites (N-methyl/N-ethyl adjacent to an activating group) is 1. The summed E-state index contributed by atoms with van der Waals surface area (Å²) in [4.78, 5) is 71.3. The summed E-state index contributed by atoms with van der Waals surface area (Å²) < 4.78 is 1.77.